The minimum atomic E-state index is 0.772. The second-order valence-electron chi connectivity index (χ2n) is 3.23. The molecule has 0 amide bonds. The van der Waals surface area contributed by atoms with Gasteiger partial charge in [-0.1, -0.05) is 0 Å². The smallest absolute Gasteiger partial charge is 0.0812 e. The fraction of sp³-hybridized carbons (Fsp3) is 0.364. The third-order valence-corrected chi connectivity index (χ3v) is 4.24. The minimum Gasteiger partial charge on any atom is -0.245 e. The Morgan fingerprint density at radius 3 is 3.13 bits per heavy atom. The lowest BCUT2D eigenvalue weighted by Crippen LogP contribution is -1.81. The molecule has 1 heterocycles. The largest absolute Gasteiger partial charge is 0.245 e. The van der Waals surface area contributed by atoms with Crippen molar-refractivity contribution in [1.82, 2.24) is 4.98 Å². The molecular weight excluding hydrogens is 246 g/mol. The van der Waals surface area contributed by atoms with Gasteiger partial charge in [0.1, 0.15) is 0 Å². The molecule has 0 bridgehead atoms. The summed E-state index contributed by atoms with van der Waals surface area (Å²) in [5.74, 6) is 1.92. The molecule has 0 saturated heterocycles. The Bertz CT molecular complexity index is 427. The molecule has 2 rings (SSSR count). The number of aromatic nitrogens is 1. The van der Waals surface area contributed by atoms with E-state index in [1.54, 1.807) is 11.3 Å². The summed E-state index contributed by atoms with van der Waals surface area (Å²) < 4.78 is 1.28. The summed E-state index contributed by atoms with van der Waals surface area (Å²) in [5, 5.41) is 0. The number of halogens is 1. The third-order valence-electron chi connectivity index (χ3n) is 2.10. The highest BCUT2D eigenvalue weighted by atomic mass is 35.5. The van der Waals surface area contributed by atoms with Gasteiger partial charge in [0.05, 0.1) is 15.7 Å². The molecule has 4 heteroatoms. The van der Waals surface area contributed by atoms with Crippen molar-refractivity contribution in [3.63, 3.8) is 0 Å². The predicted molar refractivity (Wildman–Crippen MR) is 70.3 cm³/mol. The Balaban J connectivity index is 1.96. The van der Waals surface area contributed by atoms with Gasteiger partial charge in [-0.2, -0.15) is 0 Å². The first kappa shape index (κ1) is 11.2. The molecule has 0 unspecified atom stereocenters. The molecule has 0 saturated carbocycles. The highest BCUT2D eigenvalue weighted by molar-refractivity contribution is 7.99. The van der Waals surface area contributed by atoms with Gasteiger partial charge in [-0.3, -0.25) is 0 Å². The van der Waals surface area contributed by atoms with E-state index in [0.29, 0.717) is 0 Å². The van der Waals surface area contributed by atoms with Crippen molar-refractivity contribution in [2.45, 2.75) is 17.7 Å². The first-order chi connectivity index (χ1) is 7.40. The van der Waals surface area contributed by atoms with E-state index in [4.69, 9.17) is 11.6 Å². The van der Waals surface area contributed by atoms with Crippen LogP contribution in [0.3, 0.4) is 0 Å². The van der Waals surface area contributed by atoms with E-state index in [0.717, 1.165) is 23.6 Å². The molecule has 0 N–H and O–H groups in total. The van der Waals surface area contributed by atoms with Crippen LogP contribution in [0.25, 0.3) is 10.2 Å². The van der Waals surface area contributed by atoms with Gasteiger partial charge in [0.25, 0.3) is 0 Å². The highest BCUT2D eigenvalue weighted by Gasteiger charge is 1.99. The summed E-state index contributed by atoms with van der Waals surface area (Å²) in [6.45, 7) is 0. The van der Waals surface area contributed by atoms with Crippen LogP contribution in [-0.4, -0.2) is 16.6 Å². The average Bonchev–Trinajstić information content (AvgIpc) is 2.71. The number of alkyl halides is 1. The van der Waals surface area contributed by atoms with Crippen LogP contribution >= 0.6 is 34.7 Å². The van der Waals surface area contributed by atoms with E-state index in [-0.39, 0.29) is 0 Å². The zero-order chi connectivity index (χ0) is 10.5. The van der Waals surface area contributed by atoms with Crippen molar-refractivity contribution >= 4 is 44.9 Å². The molecule has 0 aliphatic rings. The van der Waals surface area contributed by atoms with Gasteiger partial charge in [0, 0.05) is 10.8 Å². The van der Waals surface area contributed by atoms with Crippen molar-refractivity contribution in [2.75, 3.05) is 11.6 Å². The summed E-state index contributed by atoms with van der Waals surface area (Å²) in [4.78, 5) is 5.60. The fourth-order valence-corrected chi connectivity index (χ4v) is 3.24. The number of rotatable bonds is 5. The summed E-state index contributed by atoms with van der Waals surface area (Å²) in [6, 6.07) is 6.46. The van der Waals surface area contributed by atoms with Gasteiger partial charge in [-0.05, 0) is 36.8 Å². The van der Waals surface area contributed by atoms with Crippen LogP contribution in [0.1, 0.15) is 12.8 Å². The van der Waals surface area contributed by atoms with Gasteiger partial charge in [0.15, 0.2) is 0 Å². The number of hydrogen-bond acceptors (Lipinski definition) is 3. The second-order valence-corrected chi connectivity index (χ2v) is 5.66. The predicted octanol–water partition coefficient (Wildman–Crippen LogP) is 4.41. The number of thiazole rings is 1. The lowest BCUT2D eigenvalue weighted by atomic mass is 10.3. The molecule has 0 radical (unpaired) electrons. The Labute approximate surface area is 103 Å². The SMILES string of the molecule is ClCCCCSc1ccc2ncsc2c1. The van der Waals surface area contributed by atoms with E-state index in [1.165, 1.54) is 16.0 Å². The number of thioether (sulfide) groups is 1. The zero-order valence-corrected chi connectivity index (χ0v) is 10.7. The number of fused-ring (bicyclic) bond motifs is 1. The van der Waals surface area contributed by atoms with Crippen molar-refractivity contribution in [3.8, 4) is 0 Å². The van der Waals surface area contributed by atoms with Crippen LogP contribution in [0.2, 0.25) is 0 Å². The molecule has 1 nitrogen and oxygen atoms in total. The zero-order valence-electron chi connectivity index (χ0n) is 8.28. The lowest BCUT2D eigenvalue weighted by molar-refractivity contribution is 0.903. The molecule has 2 aromatic rings. The van der Waals surface area contributed by atoms with Crippen LogP contribution in [0.15, 0.2) is 28.6 Å². The molecular formula is C11H12ClNS2. The lowest BCUT2D eigenvalue weighted by Gasteiger charge is -2.00. The fourth-order valence-electron chi connectivity index (χ4n) is 1.31. The number of nitrogens with zero attached hydrogens (tertiary/aromatic N) is 1. The average molecular weight is 258 g/mol. The molecule has 1 aromatic heterocycles. The highest BCUT2D eigenvalue weighted by Crippen LogP contribution is 2.26. The van der Waals surface area contributed by atoms with E-state index in [2.05, 4.69) is 23.2 Å². The van der Waals surface area contributed by atoms with Gasteiger partial charge >= 0.3 is 0 Å². The Kier molecular flexibility index (Phi) is 4.29. The van der Waals surface area contributed by atoms with E-state index in [9.17, 15) is 0 Å². The van der Waals surface area contributed by atoms with Crippen LogP contribution in [0.5, 0.6) is 0 Å². The van der Waals surface area contributed by atoms with Gasteiger partial charge in [-0.25, -0.2) is 4.98 Å². The van der Waals surface area contributed by atoms with Crippen LogP contribution < -0.4 is 0 Å². The van der Waals surface area contributed by atoms with Crippen LogP contribution in [0, 0.1) is 0 Å². The first-order valence-electron chi connectivity index (χ1n) is 4.92. The van der Waals surface area contributed by atoms with Crippen molar-refractivity contribution < 1.29 is 0 Å². The van der Waals surface area contributed by atoms with Gasteiger partial charge in [0.2, 0.25) is 0 Å². The Morgan fingerprint density at radius 1 is 1.33 bits per heavy atom. The summed E-state index contributed by atoms with van der Waals surface area (Å²) in [6.07, 6.45) is 2.30. The molecule has 0 atom stereocenters. The quantitative estimate of drug-likeness (QED) is 0.447. The van der Waals surface area contributed by atoms with E-state index >= 15 is 0 Å². The Hall–Kier alpha value is -0.250. The molecule has 0 spiro atoms. The monoisotopic (exact) mass is 257 g/mol. The van der Waals surface area contributed by atoms with Crippen LogP contribution in [0.4, 0.5) is 0 Å². The first-order valence-corrected chi connectivity index (χ1v) is 7.32. The second kappa shape index (κ2) is 5.73. The number of hydrogen-bond donors (Lipinski definition) is 0. The van der Waals surface area contributed by atoms with Crippen molar-refractivity contribution in [2.24, 2.45) is 0 Å². The van der Waals surface area contributed by atoms with Gasteiger partial charge in [-0.15, -0.1) is 34.7 Å². The maximum atomic E-state index is 5.63. The van der Waals surface area contributed by atoms with Gasteiger partial charge < -0.3 is 0 Å². The normalized spacial score (nSPS) is 11.0. The number of unbranched alkanes of at least 4 members (excludes halogenated alkanes) is 1. The maximum Gasteiger partial charge on any atom is 0.0812 e. The van der Waals surface area contributed by atoms with E-state index in [1.807, 2.05) is 17.3 Å². The van der Waals surface area contributed by atoms with E-state index < -0.39 is 0 Å². The number of benzene rings is 1. The van der Waals surface area contributed by atoms with Crippen molar-refractivity contribution in [1.29, 1.82) is 0 Å². The molecule has 0 fully saturated rings. The molecule has 80 valence electrons. The third kappa shape index (κ3) is 3.10. The van der Waals surface area contributed by atoms with Crippen molar-refractivity contribution in [3.05, 3.63) is 23.7 Å². The Morgan fingerprint density at radius 2 is 2.27 bits per heavy atom. The minimum absolute atomic E-state index is 0.772. The topological polar surface area (TPSA) is 12.9 Å². The standard InChI is InChI=1S/C11H12ClNS2/c12-5-1-2-6-14-9-3-4-10-11(7-9)15-8-13-10/h3-4,7-8H,1-2,5-6H2. The molecule has 1 aromatic carbocycles. The molecule has 0 aliphatic heterocycles. The summed E-state index contributed by atoms with van der Waals surface area (Å²) >= 11 is 9.23. The summed E-state index contributed by atoms with van der Waals surface area (Å²) in [7, 11) is 0. The molecule has 15 heavy (non-hydrogen) atoms. The maximum absolute atomic E-state index is 5.63. The summed E-state index contributed by atoms with van der Waals surface area (Å²) in [5.41, 5.74) is 3.00. The molecule has 0 aliphatic carbocycles. The van der Waals surface area contributed by atoms with Crippen LogP contribution in [-0.2, 0) is 0 Å².